The lowest BCUT2D eigenvalue weighted by atomic mass is 10.1. The Bertz CT molecular complexity index is 452. The molecular formula is C18H30N2O2. The maximum Gasteiger partial charge on any atom is 0.320 e. The van der Waals surface area contributed by atoms with E-state index in [-0.39, 0.29) is 12.8 Å². The topological polar surface area (TPSA) is 41.6 Å². The van der Waals surface area contributed by atoms with Crippen LogP contribution in [0.15, 0.2) is 18.2 Å². The lowest BCUT2D eigenvalue weighted by Crippen LogP contribution is -2.42. The molecule has 0 saturated heterocycles. The second-order valence-corrected chi connectivity index (χ2v) is 5.71. The highest BCUT2D eigenvalue weighted by molar-refractivity contribution is 5.74. The van der Waals surface area contributed by atoms with Gasteiger partial charge in [-0.05, 0) is 49.9 Å². The number of benzene rings is 1. The summed E-state index contributed by atoms with van der Waals surface area (Å²) in [7, 11) is 0. The third-order valence-corrected chi connectivity index (χ3v) is 3.79. The van der Waals surface area contributed by atoms with Crippen molar-refractivity contribution in [2.24, 2.45) is 0 Å². The third kappa shape index (κ3) is 6.37. The first kappa shape index (κ1) is 18.3. The van der Waals surface area contributed by atoms with Gasteiger partial charge in [0.25, 0.3) is 0 Å². The molecule has 0 bridgehead atoms. The van der Waals surface area contributed by atoms with Gasteiger partial charge in [0.05, 0.1) is 0 Å². The average Bonchev–Trinajstić information content (AvgIpc) is 2.51. The Morgan fingerprint density at radius 3 is 2.27 bits per heavy atom. The number of aryl methyl sites for hydroxylation is 2. The van der Waals surface area contributed by atoms with Gasteiger partial charge in [0.2, 0.25) is 0 Å². The fraction of sp³-hybridized carbons (Fsp3) is 0.611. The van der Waals surface area contributed by atoms with Gasteiger partial charge < -0.3 is 15.0 Å². The van der Waals surface area contributed by atoms with E-state index in [4.69, 9.17) is 4.74 Å². The zero-order chi connectivity index (χ0) is 16.4. The van der Waals surface area contributed by atoms with Gasteiger partial charge >= 0.3 is 6.03 Å². The lowest BCUT2D eigenvalue weighted by Gasteiger charge is -2.23. The molecule has 0 aromatic heterocycles. The van der Waals surface area contributed by atoms with Crippen LogP contribution in [0, 0.1) is 13.8 Å². The van der Waals surface area contributed by atoms with Gasteiger partial charge in [0, 0.05) is 13.1 Å². The number of nitrogens with one attached hydrogen (secondary N) is 1. The van der Waals surface area contributed by atoms with E-state index in [2.05, 4.69) is 33.0 Å². The van der Waals surface area contributed by atoms with Gasteiger partial charge in [-0.3, -0.25) is 0 Å². The number of nitrogens with zero attached hydrogens (tertiary/aromatic N) is 1. The average molecular weight is 306 g/mol. The molecule has 0 aliphatic rings. The van der Waals surface area contributed by atoms with E-state index in [1.54, 1.807) is 0 Å². The molecule has 4 nitrogen and oxygen atoms in total. The summed E-state index contributed by atoms with van der Waals surface area (Å²) in [5.74, 6) is 0.789. The molecule has 0 spiro atoms. The van der Waals surface area contributed by atoms with Gasteiger partial charge in [-0.25, -0.2) is 4.79 Å². The predicted octanol–water partition coefficient (Wildman–Crippen LogP) is 4.25. The van der Waals surface area contributed by atoms with Crippen LogP contribution in [0.4, 0.5) is 4.79 Å². The van der Waals surface area contributed by atoms with Crippen LogP contribution >= 0.6 is 0 Å². The smallest absolute Gasteiger partial charge is 0.320 e. The van der Waals surface area contributed by atoms with Gasteiger partial charge in [0.1, 0.15) is 5.75 Å². The Hall–Kier alpha value is -1.71. The molecule has 0 radical (unpaired) electrons. The van der Waals surface area contributed by atoms with Gasteiger partial charge in [-0.1, -0.05) is 32.8 Å². The fourth-order valence-corrected chi connectivity index (χ4v) is 2.11. The molecule has 1 rings (SSSR count). The summed E-state index contributed by atoms with van der Waals surface area (Å²) in [6.45, 7) is 10.2. The number of carbonyl (C=O) groups is 1. The molecule has 0 fully saturated rings. The molecule has 0 aliphatic carbocycles. The van der Waals surface area contributed by atoms with E-state index in [9.17, 15) is 4.79 Å². The van der Waals surface area contributed by atoms with E-state index < -0.39 is 0 Å². The zero-order valence-corrected chi connectivity index (χ0v) is 14.4. The fourth-order valence-electron chi connectivity index (χ4n) is 2.11. The van der Waals surface area contributed by atoms with Crippen LogP contribution in [0.2, 0.25) is 0 Å². The van der Waals surface area contributed by atoms with E-state index >= 15 is 0 Å². The SMILES string of the molecule is CCCCN(CCCC)C(=O)NCOc1ccc(C)c(C)c1. The van der Waals surface area contributed by atoms with Crippen molar-refractivity contribution in [3.63, 3.8) is 0 Å². The van der Waals surface area contributed by atoms with E-state index in [1.807, 2.05) is 23.1 Å². The van der Waals surface area contributed by atoms with Crippen molar-refractivity contribution >= 4 is 6.03 Å². The first-order valence-electron chi connectivity index (χ1n) is 8.31. The Kier molecular flexibility index (Phi) is 8.41. The molecule has 0 aliphatic heterocycles. The first-order valence-corrected chi connectivity index (χ1v) is 8.31. The van der Waals surface area contributed by atoms with Crippen molar-refractivity contribution in [3.05, 3.63) is 29.3 Å². The maximum atomic E-state index is 12.2. The minimum Gasteiger partial charge on any atom is -0.473 e. The predicted molar refractivity (Wildman–Crippen MR) is 91.3 cm³/mol. The summed E-state index contributed by atoms with van der Waals surface area (Å²) >= 11 is 0. The molecule has 4 heteroatoms. The number of carbonyl (C=O) groups excluding carboxylic acids is 1. The number of ether oxygens (including phenoxy) is 1. The standard InChI is InChI=1S/C18H30N2O2/c1-5-7-11-20(12-8-6-2)18(21)19-14-22-17-10-9-15(3)16(4)13-17/h9-10,13H,5-8,11-12,14H2,1-4H3,(H,19,21). The molecule has 1 N–H and O–H groups in total. The molecule has 1 aromatic carbocycles. The van der Waals surface area contributed by atoms with E-state index in [1.165, 1.54) is 11.1 Å². The molecule has 1 aromatic rings. The number of amides is 2. The Balaban J connectivity index is 2.42. The number of unbranched alkanes of at least 4 members (excludes halogenated alkanes) is 2. The highest BCUT2D eigenvalue weighted by atomic mass is 16.5. The second kappa shape index (κ2) is 10.1. The maximum absolute atomic E-state index is 12.2. The Labute approximate surface area is 134 Å². The number of urea groups is 1. The third-order valence-electron chi connectivity index (χ3n) is 3.79. The van der Waals surface area contributed by atoms with Gasteiger partial charge in [0.15, 0.2) is 6.73 Å². The summed E-state index contributed by atoms with van der Waals surface area (Å²) in [6, 6.07) is 5.92. The molecule has 124 valence electrons. The number of rotatable bonds is 9. The highest BCUT2D eigenvalue weighted by Gasteiger charge is 2.11. The summed E-state index contributed by atoms with van der Waals surface area (Å²) < 4.78 is 5.61. The van der Waals surface area contributed by atoms with Gasteiger partial charge in [-0.15, -0.1) is 0 Å². The van der Waals surface area contributed by atoms with Crippen molar-refractivity contribution in [1.82, 2.24) is 10.2 Å². The molecule has 2 amide bonds. The quantitative estimate of drug-likeness (QED) is 0.693. The van der Waals surface area contributed by atoms with Crippen LogP contribution in [0.3, 0.4) is 0 Å². The minimum atomic E-state index is -0.0364. The number of hydrogen-bond donors (Lipinski definition) is 1. The molecule has 0 atom stereocenters. The van der Waals surface area contributed by atoms with Crippen LogP contribution in [-0.2, 0) is 0 Å². The highest BCUT2D eigenvalue weighted by Crippen LogP contribution is 2.15. The lowest BCUT2D eigenvalue weighted by molar-refractivity contribution is 0.183. The Morgan fingerprint density at radius 2 is 1.73 bits per heavy atom. The van der Waals surface area contributed by atoms with Crippen LogP contribution < -0.4 is 10.1 Å². The molecular weight excluding hydrogens is 276 g/mol. The van der Waals surface area contributed by atoms with Crippen LogP contribution in [-0.4, -0.2) is 30.8 Å². The zero-order valence-electron chi connectivity index (χ0n) is 14.4. The monoisotopic (exact) mass is 306 g/mol. The first-order chi connectivity index (χ1) is 10.6. The van der Waals surface area contributed by atoms with E-state index in [0.29, 0.717) is 0 Å². The summed E-state index contributed by atoms with van der Waals surface area (Å²) in [5.41, 5.74) is 2.43. The van der Waals surface area contributed by atoms with Crippen molar-refractivity contribution in [2.75, 3.05) is 19.8 Å². The van der Waals surface area contributed by atoms with Crippen LogP contribution in [0.5, 0.6) is 5.75 Å². The molecule has 0 heterocycles. The van der Waals surface area contributed by atoms with E-state index in [0.717, 1.165) is 44.5 Å². The summed E-state index contributed by atoms with van der Waals surface area (Å²) in [6.07, 6.45) is 4.26. The van der Waals surface area contributed by atoms with Gasteiger partial charge in [-0.2, -0.15) is 0 Å². The number of hydrogen-bond acceptors (Lipinski definition) is 2. The summed E-state index contributed by atoms with van der Waals surface area (Å²) in [5, 5.41) is 2.85. The van der Waals surface area contributed by atoms with Crippen molar-refractivity contribution in [3.8, 4) is 5.75 Å². The van der Waals surface area contributed by atoms with Crippen LogP contribution in [0.1, 0.15) is 50.7 Å². The Morgan fingerprint density at radius 1 is 1.09 bits per heavy atom. The molecule has 22 heavy (non-hydrogen) atoms. The molecule has 0 saturated carbocycles. The minimum absolute atomic E-state index is 0.0364. The summed E-state index contributed by atoms with van der Waals surface area (Å²) in [4.78, 5) is 14.1. The van der Waals surface area contributed by atoms with Crippen molar-refractivity contribution < 1.29 is 9.53 Å². The van der Waals surface area contributed by atoms with Crippen molar-refractivity contribution in [2.45, 2.75) is 53.4 Å². The van der Waals surface area contributed by atoms with Crippen LogP contribution in [0.25, 0.3) is 0 Å². The normalized spacial score (nSPS) is 10.4. The molecule has 0 unspecified atom stereocenters. The second-order valence-electron chi connectivity index (χ2n) is 5.71. The largest absolute Gasteiger partial charge is 0.473 e. The van der Waals surface area contributed by atoms with Crippen molar-refractivity contribution in [1.29, 1.82) is 0 Å².